The number of rotatable bonds is 25. The summed E-state index contributed by atoms with van der Waals surface area (Å²) in [4.78, 5) is 52.4. The van der Waals surface area contributed by atoms with Crippen LogP contribution in [0.15, 0.2) is 48.5 Å². The minimum atomic E-state index is -0.700. The first kappa shape index (κ1) is 38.6. The second-order valence-electron chi connectivity index (χ2n) is 12.0. The van der Waals surface area contributed by atoms with Crippen LogP contribution in [0.25, 0.3) is 11.1 Å². The number of nitrogens with two attached hydrogens (primary N) is 2. The molecule has 12 heteroatoms. The van der Waals surface area contributed by atoms with E-state index in [0.29, 0.717) is 53.8 Å². The number of nitrogens with one attached hydrogen (secondary N) is 4. The molecule has 4 atom stereocenters. The molecule has 1 aliphatic rings. The summed E-state index contributed by atoms with van der Waals surface area (Å²) in [5, 5.41) is 12.4. The van der Waals surface area contributed by atoms with Gasteiger partial charge in [0, 0.05) is 12.2 Å². The third kappa shape index (κ3) is 12.3. The van der Waals surface area contributed by atoms with Crippen molar-refractivity contribution in [3.05, 3.63) is 59.7 Å². The second-order valence-corrected chi connectivity index (χ2v) is 13.2. The molecule has 47 heavy (non-hydrogen) atoms. The van der Waals surface area contributed by atoms with Gasteiger partial charge in [0.05, 0.1) is 37.6 Å². The molecule has 0 aliphatic heterocycles. The molecule has 8 N–H and O–H groups in total. The van der Waals surface area contributed by atoms with Gasteiger partial charge in [0.25, 0.3) is 0 Å². The fraction of sp³-hybridized carbons (Fsp3) is 0.543. The summed E-state index contributed by atoms with van der Waals surface area (Å²) >= 11 is 0. The summed E-state index contributed by atoms with van der Waals surface area (Å²) in [5.41, 5.74) is 15.9. The predicted octanol–water partition coefficient (Wildman–Crippen LogP) is 2.36. The zero-order chi connectivity index (χ0) is 34.0. The zero-order valence-electron chi connectivity index (χ0n) is 27.8. The first-order valence-corrected chi connectivity index (χ1v) is 17.9. The summed E-state index contributed by atoms with van der Waals surface area (Å²) in [7, 11) is 2.35. The molecule has 0 fully saturated rings. The number of hydrogen-bond donors (Lipinski definition) is 6. The zero-order valence-corrected chi connectivity index (χ0v) is 28.8. The van der Waals surface area contributed by atoms with E-state index in [4.69, 9.17) is 16.2 Å². The van der Waals surface area contributed by atoms with Crippen LogP contribution in [0.5, 0.6) is 0 Å². The molecule has 3 rings (SSSR count). The maximum Gasteiger partial charge on any atom is 0.319 e. The highest BCUT2D eigenvalue weighted by molar-refractivity contribution is 7.35. The fourth-order valence-corrected chi connectivity index (χ4v) is 6.40. The predicted molar refractivity (Wildman–Crippen MR) is 189 cm³/mol. The summed E-state index contributed by atoms with van der Waals surface area (Å²) in [6, 6.07) is 14.6. The Bertz CT molecular complexity index is 1270. The van der Waals surface area contributed by atoms with Gasteiger partial charge >= 0.3 is 5.97 Å². The maximum absolute atomic E-state index is 13.4. The van der Waals surface area contributed by atoms with Gasteiger partial charge in [0.15, 0.2) is 17.3 Å². The van der Waals surface area contributed by atoms with Gasteiger partial charge in [0.1, 0.15) is 6.61 Å². The smallest absolute Gasteiger partial charge is 0.319 e. The first-order valence-electron chi connectivity index (χ1n) is 16.7. The standard InChI is InChI=1S/C35H53N6O5P/c1-24(41-23-47-38-2)34(44)20-39-30(15-7-9-17-36)32(42)19-33(43)31(16-8-10-18-37)40-21-35(45)46-22-29-27-13-5-3-11-25(27)26-12-4-6-14-28(26)29/h3-6,11-14,24,29-31,38-41,47H,7-10,15-23,36-37H2,1-2H3/t24-,30-,31-/m0/s1. The number of carbonyl (C=O) groups excluding carboxylic acids is 4. The molecule has 0 heterocycles. The number of esters is 1. The quantitative estimate of drug-likeness (QED) is 0.0396. The van der Waals surface area contributed by atoms with Crippen LogP contribution in [-0.2, 0) is 23.9 Å². The van der Waals surface area contributed by atoms with Gasteiger partial charge in [-0.05, 0) is 83.7 Å². The molecule has 0 amide bonds. The Morgan fingerprint density at radius 3 is 1.83 bits per heavy atom. The van der Waals surface area contributed by atoms with Crippen molar-refractivity contribution in [3.8, 4) is 11.1 Å². The van der Waals surface area contributed by atoms with Gasteiger partial charge in [-0.3, -0.25) is 24.5 Å². The Balaban J connectivity index is 1.56. The highest BCUT2D eigenvalue weighted by Crippen LogP contribution is 2.44. The van der Waals surface area contributed by atoms with Crippen LogP contribution >= 0.6 is 8.73 Å². The highest BCUT2D eigenvalue weighted by atomic mass is 31.1. The average Bonchev–Trinajstić information content (AvgIpc) is 3.40. The molecule has 258 valence electrons. The molecule has 1 unspecified atom stereocenters. The summed E-state index contributed by atoms with van der Waals surface area (Å²) in [6.45, 7) is 2.83. The summed E-state index contributed by atoms with van der Waals surface area (Å²) < 4.78 is 5.71. The van der Waals surface area contributed by atoms with Crippen molar-refractivity contribution >= 4 is 32.1 Å². The van der Waals surface area contributed by atoms with Crippen LogP contribution in [0.1, 0.15) is 68.9 Å². The Labute approximate surface area is 280 Å². The Morgan fingerprint density at radius 2 is 1.30 bits per heavy atom. The molecule has 2 aromatic rings. The van der Waals surface area contributed by atoms with Crippen molar-refractivity contribution in [3.63, 3.8) is 0 Å². The van der Waals surface area contributed by atoms with Gasteiger partial charge in [-0.25, -0.2) is 0 Å². The third-order valence-electron chi connectivity index (χ3n) is 8.57. The molecule has 1 aliphatic carbocycles. The molecule has 0 radical (unpaired) electrons. The second kappa shape index (κ2) is 21.2. The number of ketones is 3. The number of hydrogen-bond acceptors (Lipinski definition) is 11. The van der Waals surface area contributed by atoms with Gasteiger partial charge in [0.2, 0.25) is 0 Å². The van der Waals surface area contributed by atoms with Gasteiger partial charge in [-0.1, -0.05) is 61.4 Å². The minimum absolute atomic E-state index is 0.0179. The van der Waals surface area contributed by atoms with Crippen LogP contribution in [-0.4, -0.2) is 87.6 Å². The molecule has 0 aromatic heterocycles. The maximum atomic E-state index is 13.4. The van der Waals surface area contributed by atoms with Crippen molar-refractivity contribution in [1.82, 2.24) is 21.0 Å². The van der Waals surface area contributed by atoms with E-state index < -0.39 is 18.1 Å². The van der Waals surface area contributed by atoms with Gasteiger partial charge < -0.3 is 31.9 Å². The lowest BCUT2D eigenvalue weighted by Gasteiger charge is -2.21. The van der Waals surface area contributed by atoms with Gasteiger partial charge in [-0.15, -0.1) is 0 Å². The number of carbonyl (C=O) groups is 4. The van der Waals surface area contributed by atoms with Crippen LogP contribution < -0.4 is 32.5 Å². The number of unbranched alkanes of at least 4 members (excludes halogenated alkanes) is 2. The van der Waals surface area contributed by atoms with Gasteiger partial charge in [-0.2, -0.15) is 0 Å². The number of Topliss-reactive ketones (excluding diaryl/α,β-unsaturated/α-hetero) is 3. The Hall–Kier alpha value is -2.89. The van der Waals surface area contributed by atoms with E-state index in [1.165, 1.54) is 0 Å². The number of benzene rings is 2. The van der Waals surface area contributed by atoms with Crippen molar-refractivity contribution in [1.29, 1.82) is 0 Å². The molecule has 11 nitrogen and oxygen atoms in total. The lowest BCUT2D eigenvalue weighted by molar-refractivity contribution is -0.143. The van der Waals surface area contributed by atoms with Crippen molar-refractivity contribution in [2.45, 2.75) is 75.9 Å². The van der Waals surface area contributed by atoms with Crippen molar-refractivity contribution < 1.29 is 23.9 Å². The summed E-state index contributed by atoms with van der Waals surface area (Å²) in [6.07, 6.45) is 4.10. The van der Waals surface area contributed by atoms with Crippen LogP contribution in [0.2, 0.25) is 0 Å². The third-order valence-corrected chi connectivity index (χ3v) is 9.30. The average molecular weight is 669 g/mol. The van der Waals surface area contributed by atoms with E-state index in [0.717, 1.165) is 35.1 Å². The van der Waals surface area contributed by atoms with E-state index in [2.05, 4.69) is 45.3 Å². The monoisotopic (exact) mass is 668 g/mol. The molecule has 0 saturated carbocycles. The van der Waals surface area contributed by atoms with E-state index in [9.17, 15) is 19.2 Å². The van der Waals surface area contributed by atoms with Crippen molar-refractivity contribution in [2.24, 2.45) is 11.5 Å². The minimum Gasteiger partial charge on any atom is -0.464 e. The molecular formula is C35H53N6O5P. The van der Waals surface area contributed by atoms with Crippen LogP contribution in [0, 0.1) is 0 Å². The SMILES string of the molecule is CNPCN[C@@H](C)C(=O)CN[C@@H](CCCCN)C(=O)CC(=O)[C@H](CCCCN)NCC(=O)OCC1c2ccccc2-c2ccccc21. The van der Waals surface area contributed by atoms with E-state index >= 15 is 0 Å². The first-order chi connectivity index (χ1) is 22.8. The largest absolute Gasteiger partial charge is 0.464 e. The Kier molecular flexibility index (Phi) is 17.4. The lowest BCUT2D eigenvalue weighted by atomic mass is 9.96. The molecule has 2 aromatic carbocycles. The lowest BCUT2D eigenvalue weighted by Crippen LogP contribution is -2.47. The molecular weight excluding hydrogens is 615 g/mol. The van der Waals surface area contributed by atoms with Crippen LogP contribution in [0.3, 0.4) is 0 Å². The van der Waals surface area contributed by atoms with Crippen molar-refractivity contribution in [2.75, 3.05) is 46.1 Å². The number of fused-ring (bicyclic) bond motifs is 3. The molecule has 0 bridgehead atoms. The molecule has 0 saturated heterocycles. The van der Waals surface area contributed by atoms with Crippen LogP contribution in [0.4, 0.5) is 0 Å². The highest BCUT2D eigenvalue weighted by Gasteiger charge is 2.30. The van der Waals surface area contributed by atoms with E-state index in [1.807, 2.05) is 31.3 Å². The fourth-order valence-electron chi connectivity index (χ4n) is 5.81. The Morgan fingerprint density at radius 1 is 0.766 bits per heavy atom. The normalized spacial score (nSPS) is 14.5. The topological polar surface area (TPSA) is 178 Å². The van der Waals surface area contributed by atoms with E-state index in [-0.39, 0.29) is 55.4 Å². The number of ether oxygens (including phenoxy) is 1. The molecule has 0 spiro atoms. The van der Waals surface area contributed by atoms with E-state index in [1.54, 1.807) is 6.92 Å². The summed E-state index contributed by atoms with van der Waals surface area (Å²) in [5.74, 6) is -1.15.